The molecule has 1 saturated heterocycles. The van der Waals surface area contributed by atoms with Crippen molar-refractivity contribution in [1.82, 2.24) is 9.88 Å². The van der Waals surface area contributed by atoms with E-state index in [1.54, 1.807) is 0 Å². The number of nitrogens with zero attached hydrogens (tertiary/aromatic N) is 2. The minimum atomic E-state index is -0.0907. The smallest absolute Gasteiger partial charge is 0.253 e. The highest BCUT2D eigenvalue weighted by Crippen LogP contribution is 2.26. The second-order valence-electron chi connectivity index (χ2n) is 7.25. The zero-order valence-corrected chi connectivity index (χ0v) is 15.9. The molecule has 5 heteroatoms. The normalized spacial score (nSPS) is 14.8. The Morgan fingerprint density at radius 1 is 1.00 bits per heavy atom. The Labute approximate surface area is 164 Å². The summed E-state index contributed by atoms with van der Waals surface area (Å²) in [7, 11) is 0. The Morgan fingerprint density at radius 3 is 2.43 bits per heavy atom. The second-order valence-corrected chi connectivity index (χ2v) is 7.25. The van der Waals surface area contributed by atoms with Crippen molar-refractivity contribution in [2.75, 3.05) is 18.4 Å². The fourth-order valence-electron chi connectivity index (χ4n) is 3.75. The molecule has 0 aliphatic carbocycles. The molecule has 28 heavy (non-hydrogen) atoms. The van der Waals surface area contributed by atoms with Crippen LogP contribution in [0.3, 0.4) is 0 Å². The minimum Gasteiger partial charge on any atom is -0.339 e. The van der Waals surface area contributed by atoms with Gasteiger partial charge in [-0.25, -0.2) is 0 Å². The molecule has 4 rings (SSSR count). The molecule has 142 valence electrons. The molecule has 1 aliphatic rings. The number of fused-ring (bicyclic) bond motifs is 1. The van der Waals surface area contributed by atoms with Crippen LogP contribution in [-0.4, -0.2) is 34.8 Å². The number of benzene rings is 2. The first-order chi connectivity index (χ1) is 13.6. The summed E-state index contributed by atoms with van der Waals surface area (Å²) in [6.07, 6.45) is 1.35. The lowest BCUT2D eigenvalue weighted by Gasteiger charge is -2.31. The Kier molecular flexibility index (Phi) is 5.06. The molecular formula is C23H23N3O2. The number of likely N-dealkylation sites (tertiary alicyclic amines) is 1. The molecule has 0 bridgehead atoms. The molecule has 0 saturated carbocycles. The molecule has 3 aromatic rings. The molecule has 2 aromatic carbocycles. The van der Waals surface area contributed by atoms with E-state index in [0.29, 0.717) is 31.5 Å². The van der Waals surface area contributed by atoms with Crippen LogP contribution in [0.2, 0.25) is 0 Å². The fraction of sp³-hybridized carbons (Fsp3) is 0.261. The average Bonchev–Trinajstić information content (AvgIpc) is 2.74. The standard InChI is InChI=1S/C23H23N3O2/c1-16-15-21(19-9-5-6-10-20(19)24-16)25-22(27)17-11-13-26(14-12-17)23(28)18-7-3-2-4-8-18/h2-10,15,17H,11-14H2,1H3,(H,24,25,27). The quantitative estimate of drug-likeness (QED) is 0.754. The van der Waals surface area contributed by atoms with E-state index >= 15 is 0 Å². The van der Waals surface area contributed by atoms with Crippen LogP contribution in [0.25, 0.3) is 10.9 Å². The van der Waals surface area contributed by atoms with E-state index < -0.39 is 0 Å². The number of nitrogens with one attached hydrogen (secondary N) is 1. The van der Waals surface area contributed by atoms with Crippen LogP contribution in [0.15, 0.2) is 60.7 Å². The van der Waals surface area contributed by atoms with Crippen molar-refractivity contribution in [3.8, 4) is 0 Å². The first kappa shape index (κ1) is 18.2. The molecule has 1 aromatic heterocycles. The number of carbonyl (C=O) groups is 2. The lowest BCUT2D eigenvalue weighted by molar-refractivity contribution is -0.121. The van der Waals surface area contributed by atoms with Gasteiger partial charge < -0.3 is 10.2 Å². The van der Waals surface area contributed by atoms with Gasteiger partial charge in [-0.2, -0.15) is 0 Å². The van der Waals surface area contributed by atoms with Gasteiger partial charge in [0.15, 0.2) is 0 Å². The third-order valence-corrected chi connectivity index (χ3v) is 5.28. The number of anilines is 1. The molecule has 5 nitrogen and oxygen atoms in total. The summed E-state index contributed by atoms with van der Waals surface area (Å²) in [5.74, 6) is -0.0372. The number of hydrogen-bond donors (Lipinski definition) is 1. The SMILES string of the molecule is Cc1cc(NC(=O)C2CCN(C(=O)c3ccccc3)CC2)c2ccccc2n1. The van der Waals surface area contributed by atoms with Crippen molar-refractivity contribution in [1.29, 1.82) is 0 Å². The molecule has 1 fully saturated rings. The van der Waals surface area contributed by atoms with Crippen molar-refractivity contribution in [2.45, 2.75) is 19.8 Å². The number of pyridine rings is 1. The molecule has 1 N–H and O–H groups in total. The van der Waals surface area contributed by atoms with Gasteiger partial charge in [0.05, 0.1) is 11.2 Å². The zero-order valence-electron chi connectivity index (χ0n) is 15.9. The van der Waals surface area contributed by atoms with Crippen molar-refractivity contribution in [3.63, 3.8) is 0 Å². The van der Waals surface area contributed by atoms with Gasteiger partial charge in [-0.15, -0.1) is 0 Å². The Morgan fingerprint density at radius 2 is 1.68 bits per heavy atom. The van der Waals surface area contributed by atoms with E-state index in [1.165, 1.54) is 0 Å². The summed E-state index contributed by atoms with van der Waals surface area (Å²) in [6, 6.07) is 19.0. The van der Waals surface area contributed by atoms with Crippen LogP contribution in [0.4, 0.5) is 5.69 Å². The van der Waals surface area contributed by atoms with E-state index in [9.17, 15) is 9.59 Å². The number of piperidine rings is 1. The Bertz CT molecular complexity index is 1010. The number of para-hydroxylation sites is 1. The van der Waals surface area contributed by atoms with Crippen molar-refractivity contribution >= 4 is 28.4 Å². The summed E-state index contributed by atoms with van der Waals surface area (Å²) in [6.45, 7) is 3.12. The van der Waals surface area contributed by atoms with Crippen LogP contribution < -0.4 is 5.32 Å². The fourth-order valence-corrected chi connectivity index (χ4v) is 3.75. The Balaban J connectivity index is 1.42. The number of aromatic nitrogens is 1. The van der Waals surface area contributed by atoms with E-state index in [1.807, 2.05) is 72.5 Å². The summed E-state index contributed by atoms with van der Waals surface area (Å²) >= 11 is 0. The molecule has 2 amide bonds. The van der Waals surface area contributed by atoms with Gasteiger partial charge >= 0.3 is 0 Å². The number of amides is 2. The van der Waals surface area contributed by atoms with E-state index in [0.717, 1.165) is 22.3 Å². The van der Waals surface area contributed by atoms with E-state index in [-0.39, 0.29) is 17.7 Å². The molecule has 2 heterocycles. The predicted octanol–water partition coefficient (Wildman–Crippen LogP) is 4.03. The van der Waals surface area contributed by atoms with Crippen molar-refractivity contribution in [3.05, 3.63) is 71.9 Å². The molecular weight excluding hydrogens is 350 g/mol. The van der Waals surface area contributed by atoms with Gasteiger partial charge in [-0.1, -0.05) is 36.4 Å². The van der Waals surface area contributed by atoms with Crippen molar-refractivity contribution < 1.29 is 9.59 Å². The van der Waals surface area contributed by atoms with E-state index in [2.05, 4.69) is 10.3 Å². The number of rotatable bonds is 3. The third-order valence-electron chi connectivity index (χ3n) is 5.28. The average molecular weight is 373 g/mol. The second kappa shape index (κ2) is 7.80. The maximum atomic E-state index is 12.8. The van der Waals surface area contributed by atoms with Gasteiger partial charge in [0.25, 0.3) is 5.91 Å². The predicted molar refractivity (Wildman–Crippen MR) is 110 cm³/mol. The lowest BCUT2D eigenvalue weighted by atomic mass is 9.95. The summed E-state index contributed by atoms with van der Waals surface area (Å²) in [5, 5.41) is 4.03. The number of hydrogen-bond acceptors (Lipinski definition) is 3. The third kappa shape index (κ3) is 3.74. The van der Waals surface area contributed by atoms with Gasteiger partial charge in [0, 0.05) is 35.7 Å². The zero-order chi connectivity index (χ0) is 19.5. The molecule has 0 atom stereocenters. The summed E-state index contributed by atoms with van der Waals surface area (Å²) in [4.78, 5) is 31.8. The highest BCUT2D eigenvalue weighted by molar-refractivity contribution is 6.02. The van der Waals surface area contributed by atoms with Gasteiger partial charge in [0.2, 0.25) is 5.91 Å². The highest BCUT2D eigenvalue weighted by Gasteiger charge is 2.28. The van der Waals surface area contributed by atoms with Gasteiger partial charge in [0.1, 0.15) is 0 Å². The largest absolute Gasteiger partial charge is 0.339 e. The lowest BCUT2D eigenvalue weighted by Crippen LogP contribution is -2.41. The Hall–Kier alpha value is -3.21. The van der Waals surface area contributed by atoms with Crippen LogP contribution in [0.5, 0.6) is 0 Å². The van der Waals surface area contributed by atoms with Crippen LogP contribution in [0, 0.1) is 12.8 Å². The molecule has 0 spiro atoms. The highest BCUT2D eigenvalue weighted by atomic mass is 16.2. The summed E-state index contributed by atoms with van der Waals surface area (Å²) < 4.78 is 0. The first-order valence-corrected chi connectivity index (χ1v) is 9.63. The maximum Gasteiger partial charge on any atom is 0.253 e. The van der Waals surface area contributed by atoms with Crippen LogP contribution in [0.1, 0.15) is 28.9 Å². The first-order valence-electron chi connectivity index (χ1n) is 9.63. The minimum absolute atomic E-state index is 0.0163. The van der Waals surface area contributed by atoms with E-state index in [4.69, 9.17) is 0 Å². The molecule has 0 radical (unpaired) electrons. The maximum absolute atomic E-state index is 12.8. The topological polar surface area (TPSA) is 62.3 Å². The molecule has 0 unspecified atom stereocenters. The van der Waals surface area contributed by atoms with Crippen molar-refractivity contribution in [2.24, 2.45) is 5.92 Å². The number of carbonyl (C=O) groups excluding carboxylic acids is 2. The summed E-state index contributed by atoms with van der Waals surface area (Å²) in [5.41, 5.74) is 3.25. The van der Waals surface area contributed by atoms with Crippen LogP contribution in [-0.2, 0) is 4.79 Å². The van der Waals surface area contributed by atoms with Crippen LogP contribution >= 0.6 is 0 Å². The van der Waals surface area contributed by atoms with Gasteiger partial charge in [-0.05, 0) is 44.0 Å². The molecule has 1 aliphatic heterocycles. The van der Waals surface area contributed by atoms with Gasteiger partial charge in [-0.3, -0.25) is 14.6 Å². The monoisotopic (exact) mass is 373 g/mol. The number of aryl methyl sites for hydroxylation is 1.